The van der Waals surface area contributed by atoms with E-state index in [1.165, 1.54) is 11.3 Å². The van der Waals surface area contributed by atoms with E-state index in [-0.39, 0.29) is 5.54 Å². The molecule has 1 aromatic carbocycles. The highest BCUT2D eigenvalue weighted by Crippen LogP contribution is 2.18. The van der Waals surface area contributed by atoms with Crippen molar-refractivity contribution in [3.05, 3.63) is 53.3 Å². The van der Waals surface area contributed by atoms with Gasteiger partial charge in [0.05, 0.1) is 11.2 Å². The fourth-order valence-corrected chi connectivity index (χ4v) is 2.23. The summed E-state index contributed by atoms with van der Waals surface area (Å²) in [5.74, 6) is 0. The summed E-state index contributed by atoms with van der Waals surface area (Å²) < 4.78 is 2.16. The van der Waals surface area contributed by atoms with Gasteiger partial charge in [-0.1, -0.05) is 30.3 Å². The van der Waals surface area contributed by atoms with Gasteiger partial charge >= 0.3 is 0 Å². The van der Waals surface area contributed by atoms with E-state index in [0.29, 0.717) is 0 Å². The van der Waals surface area contributed by atoms with Crippen molar-refractivity contribution in [2.75, 3.05) is 0 Å². The fraction of sp³-hybridized carbons (Fsp3) is 0.438. The summed E-state index contributed by atoms with van der Waals surface area (Å²) in [5, 5.41) is 4.61. The molecule has 2 rings (SSSR count). The second kappa shape index (κ2) is 4.97. The molecule has 0 aliphatic carbocycles. The van der Waals surface area contributed by atoms with Crippen molar-refractivity contribution in [2.45, 2.75) is 46.1 Å². The highest BCUT2D eigenvalue weighted by molar-refractivity contribution is 5.18. The van der Waals surface area contributed by atoms with E-state index in [1.807, 2.05) is 0 Å². The number of rotatable bonds is 3. The molecule has 1 aromatic heterocycles. The van der Waals surface area contributed by atoms with E-state index in [1.54, 1.807) is 0 Å². The van der Waals surface area contributed by atoms with Gasteiger partial charge in [-0.05, 0) is 52.2 Å². The molecule has 0 fully saturated rings. The summed E-state index contributed by atoms with van der Waals surface area (Å²) in [6, 6.07) is 12.8. The first-order chi connectivity index (χ1) is 8.47. The monoisotopic (exact) mass is 242 g/mol. The second-order valence-electron chi connectivity index (χ2n) is 5.85. The predicted molar refractivity (Wildman–Crippen MR) is 75.8 cm³/mol. The molecule has 0 N–H and O–H groups in total. The molecule has 96 valence electrons. The number of benzene rings is 1. The Labute approximate surface area is 110 Å². The van der Waals surface area contributed by atoms with E-state index in [0.717, 1.165) is 18.5 Å². The van der Waals surface area contributed by atoms with Gasteiger partial charge in [0.1, 0.15) is 0 Å². The zero-order valence-corrected chi connectivity index (χ0v) is 11.8. The zero-order valence-electron chi connectivity index (χ0n) is 11.8. The molecule has 0 aliphatic rings. The first kappa shape index (κ1) is 12.9. The van der Waals surface area contributed by atoms with E-state index in [2.05, 4.69) is 73.9 Å². The summed E-state index contributed by atoms with van der Waals surface area (Å²) in [6.45, 7) is 8.66. The molecule has 0 saturated heterocycles. The maximum Gasteiger partial charge on any atom is 0.0596 e. The molecular formula is C16H22N2. The lowest BCUT2D eigenvalue weighted by Gasteiger charge is -2.22. The normalized spacial score (nSPS) is 11.8. The molecule has 0 atom stereocenters. The third-order valence-electron chi connectivity index (χ3n) is 3.05. The number of nitrogens with zero attached hydrogens (tertiary/aromatic N) is 2. The van der Waals surface area contributed by atoms with E-state index >= 15 is 0 Å². The van der Waals surface area contributed by atoms with Crippen LogP contribution in [0.5, 0.6) is 0 Å². The molecule has 18 heavy (non-hydrogen) atoms. The highest BCUT2D eigenvalue weighted by atomic mass is 15.3. The molecular weight excluding hydrogens is 220 g/mol. The molecule has 0 amide bonds. The quantitative estimate of drug-likeness (QED) is 0.802. The minimum Gasteiger partial charge on any atom is -0.264 e. The summed E-state index contributed by atoms with van der Waals surface area (Å²) in [7, 11) is 0. The summed E-state index contributed by atoms with van der Waals surface area (Å²) >= 11 is 0. The Bertz CT molecular complexity index is 504. The van der Waals surface area contributed by atoms with E-state index in [4.69, 9.17) is 0 Å². The Balaban J connectivity index is 2.15. The summed E-state index contributed by atoms with van der Waals surface area (Å²) in [4.78, 5) is 0. The lowest BCUT2D eigenvalue weighted by molar-refractivity contribution is 0.342. The van der Waals surface area contributed by atoms with Crippen LogP contribution in [-0.4, -0.2) is 9.78 Å². The number of hydrogen-bond donors (Lipinski definition) is 0. The molecule has 0 unspecified atom stereocenters. The highest BCUT2D eigenvalue weighted by Gasteiger charge is 2.18. The number of aryl methyl sites for hydroxylation is 3. The minimum absolute atomic E-state index is 0.0558. The van der Waals surface area contributed by atoms with Gasteiger partial charge in [-0.25, -0.2) is 0 Å². The largest absolute Gasteiger partial charge is 0.264 e. The van der Waals surface area contributed by atoms with Crippen LogP contribution in [0.2, 0.25) is 0 Å². The van der Waals surface area contributed by atoms with Crippen molar-refractivity contribution < 1.29 is 0 Å². The molecule has 0 radical (unpaired) electrons. The smallest absolute Gasteiger partial charge is 0.0596 e. The van der Waals surface area contributed by atoms with E-state index in [9.17, 15) is 0 Å². The standard InChI is InChI=1S/C16H22N2/c1-13-12-15(18(17-13)16(2,3)4)11-10-14-8-6-5-7-9-14/h5-9,12H,10-11H2,1-4H3. The zero-order chi connectivity index (χ0) is 13.2. The predicted octanol–water partition coefficient (Wildman–Crippen LogP) is 3.73. The first-order valence-corrected chi connectivity index (χ1v) is 6.57. The van der Waals surface area contributed by atoms with Crippen LogP contribution in [0.4, 0.5) is 0 Å². The molecule has 2 heteroatoms. The van der Waals surface area contributed by atoms with Crippen molar-refractivity contribution in [3.63, 3.8) is 0 Å². The van der Waals surface area contributed by atoms with Gasteiger partial charge in [-0.3, -0.25) is 4.68 Å². The molecule has 0 aliphatic heterocycles. The van der Waals surface area contributed by atoms with Gasteiger partial charge in [0.2, 0.25) is 0 Å². The molecule has 0 bridgehead atoms. The third kappa shape index (κ3) is 3.00. The summed E-state index contributed by atoms with van der Waals surface area (Å²) in [5.41, 5.74) is 3.87. The Kier molecular flexibility index (Phi) is 3.55. The van der Waals surface area contributed by atoms with Crippen LogP contribution in [0.3, 0.4) is 0 Å². The van der Waals surface area contributed by atoms with Crippen molar-refractivity contribution in [3.8, 4) is 0 Å². The lowest BCUT2D eigenvalue weighted by atomic mass is 10.1. The molecule has 0 spiro atoms. The summed E-state index contributed by atoms with van der Waals surface area (Å²) in [6.07, 6.45) is 2.12. The van der Waals surface area contributed by atoms with Gasteiger partial charge in [0.25, 0.3) is 0 Å². The van der Waals surface area contributed by atoms with Crippen LogP contribution < -0.4 is 0 Å². The van der Waals surface area contributed by atoms with E-state index < -0.39 is 0 Å². The van der Waals surface area contributed by atoms with Gasteiger partial charge in [0.15, 0.2) is 0 Å². The third-order valence-corrected chi connectivity index (χ3v) is 3.05. The Morgan fingerprint density at radius 2 is 1.72 bits per heavy atom. The number of hydrogen-bond acceptors (Lipinski definition) is 1. The molecule has 1 heterocycles. The topological polar surface area (TPSA) is 17.8 Å². The van der Waals surface area contributed by atoms with Crippen LogP contribution in [0.25, 0.3) is 0 Å². The second-order valence-corrected chi connectivity index (χ2v) is 5.85. The van der Waals surface area contributed by atoms with Crippen LogP contribution in [0.1, 0.15) is 37.7 Å². The van der Waals surface area contributed by atoms with Crippen LogP contribution >= 0.6 is 0 Å². The minimum atomic E-state index is 0.0558. The van der Waals surface area contributed by atoms with Crippen molar-refractivity contribution in [2.24, 2.45) is 0 Å². The average molecular weight is 242 g/mol. The van der Waals surface area contributed by atoms with Crippen molar-refractivity contribution >= 4 is 0 Å². The van der Waals surface area contributed by atoms with Gasteiger partial charge < -0.3 is 0 Å². The first-order valence-electron chi connectivity index (χ1n) is 6.57. The average Bonchev–Trinajstić information content (AvgIpc) is 2.69. The van der Waals surface area contributed by atoms with Gasteiger partial charge in [-0.15, -0.1) is 0 Å². The van der Waals surface area contributed by atoms with Crippen LogP contribution in [-0.2, 0) is 18.4 Å². The van der Waals surface area contributed by atoms with Crippen LogP contribution in [0, 0.1) is 6.92 Å². The number of aromatic nitrogens is 2. The Hall–Kier alpha value is -1.57. The molecule has 2 nitrogen and oxygen atoms in total. The fourth-order valence-electron chi connectivity index (χ4n) is 2.23. The molecule has 0 saturated carbocycles. The Morgan fingerprint density at radius 3 is 2.33 bits per heavy atom. The van der Waals surface area contributed by atoms with Crippen LogP contribution in [0.15, 0.2) is 36.4 Å². The SMILES string of the molecule is Cc1cc(CCc2ccccc2)n(C(C)(C)C)n1. The van der Waals surface area contributed by atoms with Gasteiger partial charge in [-0.2, -0.15) is 5.10 Å². The van der Waals surface area contributed by atoms with Crippen molar-refractivity contribution in [1.82, 2.24) is 9.78 Å². The van der Waals surface area contributed by atoms with Gasteiger partial charge in [0, 0.05) is 5.69 Å². The Morgan fingerprint density at radius 1 is 1.06 bits per heavy atom. The lowest BCUT2D eigenvalue weighted by Crippen LogP contribution is -2.25. The molecule has 2 aromatic rings. The van der Waals surface area contributed by atoms with Crippen molar-refractivity contribution in [1.29, 1.82) is 0 Å². The maximum absolute atomic E-state index is 4.61. The maximum atomic E-state index is 4.61.